The highest BCUT2D eigenvalue weighted by Gasteiger charge is 2.19. The molecular formula is C11H13NO5. The predicted octanol–water partition coefficient (Wildman–Crippen LogP) is 0.887. The molecule has 2 N–H and O–H groups in total. The Labute approximate surface area is 97.6 Å². The summed E-state index contributed by atoms with van der Waals surface area (Å²) in [6.07, 6.45) is 1.98. The van der Waals surface area contributed by atoms with Crippen LogP contribution in [0.1, 0.15) is 34.0 Å². The van der Waals surface area contributed by atoms with Crippen LogP contribution in [0.4, 0.5) is 0 Å². The molecule has 1 saturated heterocycles. The lowest BCUT2D eigenvalue weighted by molar-refractivity contribution is 0.0658. The number of furan rings is 1. The van der Waals surface area contributed by atoms with E-state index in [0.717, 1.165) is 19.4 Å². The number of carbonyl (C=O) groups excluding carboxylic acids is 1. The van der Waals surface area contributed by atoms with Crippen LogP contribution < -0.4 is 5.32 Å². The van der Waals surface area contributed by atoms with Crippen LogP contribution in [-0.4, -0.2) is 36.2 Å². The number of carboxylic acid groups (broad SMARTS) is 1. The van der Waals surface area contributed by atoms with Crippen LogP contribution >= 0.6 is 0 Å². The first kappa shape index (κ1) is 11.7. The highest BCUT2D eigenvalue weighted by Crippen LogP contribution is 2.11. The number of hydrogen-bond donors (Lipinski definition) is 2. The zero-order valence-corrected chi connectivity index (χ0v) is 9.14. The van der Waals surface area contributed by atoms with Gasteiger partial charge in [0, 0.05) is 13.2 Å². The molecule has 1 aromatic rings. The van der Waals surface area contributed by atoms with Crippen LogP contribution in [0.25, 0.3) is 0 Å². The number of hydrogen-bond acceptors (Lipinski definition) is 4. The molecule has 1 amide bonds. The van der Waals surface area contributed by atoms with Gasteiger partial charge in [-0.15, -0.1) is 0 Å². The Morgan fingerprint density at radius 2 is 2.18 bits per heavy atom. The third-order valence-electron chi connectivity index (χ3n) is 2.55. The molecule has 0 radical (unpaired) electrons. The number of carboxylic acids is 1. The van der Waals surface area contributed by atoms with Gasteiger partial charge >= 0.3 is 5.97 Å². The number of aromatic carboxylic acids is 1. The lowest BCUT2D eigenvalue weighted by atomic mass is 10.2. The molecule has 1 aliphatic heterocycles. The van der Waals surface area contributed by atoms with Crippen molar-refractivity contribution in [2.24, 2.45) is 0 Å². The van der Waals surface area contributed by atoms with Crippen molar-refractivity contribution in [1.29, 1.82) is 0 Å². The minimum Gasteiger partial charge on any atom is -0.475 e. The highest BCUT2D eigenvalue weighted by molar-refractivity contribution is 5.93. The van der Waals surface area contributed by atoms with Gasteiger partial charge in [0.25, 0.3) is 5.91 Å². The molecule has 0 aliphatic carbocycles. The second kappa shape index (κ2) is 5.01. The van der Waals surface area contributed by atoms with Crippen molar-refractivity contribution in [3.63, 3.8) is 0 Å². The maximum Gasteiger partial charge on any atom is 0.371 e. The van der Waals surface area contributed by atoms with Crippen molar-refractivity contribution < 1.29 is 23.8 Å². The monoisotopic (exact) mass is 239 g/mol. The summed E-state index contributed by atoms with van der Waals surface area (Å²) >= 11 is 0. The van der Waals surface area contributed by atoms with E-state index in [1.807, 2.05) is 0 Å². The zero-order chi connectivity index (χ0) is 12.3. The van der Waals surface area contributed by atoms with E-state index in [-0.39, 0.29) is 17.6 Å². The van der Waals surface area contributed by atoms with Crippen molar-refractivity contribution in [2.75, 3.05) is 13.2 Å². The second-order valence-electron chi connectivity index (χ2n) is 3.81. The second-order valence-corrected chi connectivity index (χ2v) is 3.81. The first-order chi connectivity index (χ1) is 8.16. The van der Waals surface area contributed by atoms with Crippen LogP contribution in [-0.2, 0) is 4.74 Å². The fourth-order valence-electron chi connectivity index (χ4n) is 1.67. The first-order valence-electron chi connectivity index (χ1n) is 5.40. The zero-order valence-electron chi connectivity index (χ0n) is 9.14. The Bertz CT molecular complexity index is 419. The smallest absolute Gasteiger partial charge is 0.371 e. The average molecular weight is 239 g/mol. The summed E-state index contributed by atoms with van der Waals surface area (Å²) in [6, 6.07) is 2.59. The number of ether oxygens (including phenoxy) is 1. The number of amides is 1. The van der Waals surface area contributed by atoms with E-state index in [1.54, 1.807) is 0 Å². The van der Waals surface area contributed by atoms with Gasteiger partial charge in [-0.3, -0.25) is 4.79 Å². The molecular weight excluding hydrogens is 226 g/mol. The topological polar surface area (TPSA) is 88.8 Å². The molecule has 2 rings (SSSR count). The highest BCUT2D eigenvalue weighted by atomic mass is 16.5. The van der Waals surface area contributed by atoms with E-state index in [4.69, 9.17) is 14.3 Å². The van der Waals surface area contributed by atoms with E-state index in [9.17, 15) is 9.59 Å². The van der Waals surface area contributed by atoms with Crippen LogP contribution in [0.2, 0.25) is 0 Å². The predicted molar refractivity (Wildman–Crippen MR) is 57.0 cm³/mol. The van der Waals surface area contributed by atoms with Crippen LogP contribution in [0, 0.1) is 0 Å². The molecule has 6 nitrogen and oxygen atoms in total. The summed E-state index contributed by atoms with van der Waals surface area (Å²) in [5, 5.41) is 11.3. The van der Waals surface area contributed by atoms with Crippen molar-refractivity contribution in [3.05, 3.63) is 23.7 Å². The third-order valence-corrected chi connectivity index (χ3v) is 2.55. The molecule has 0 bridgehead atoms. The molecule has 2 heterocycles. The molecule has 1 fully saturated rings. The quantitative estimate of drug-likeness (QED) is 0.814. The molecule has 92 valence electrons. The fraction of sp³-hybridized carbons (Fsp3) is 0.455. The van der Waals surface area contributed by atoms with Crippen molar-refractivity contribution in [3.8, 4) is 0 Å². The largest absolute Gasteiger partial charge is 0.475 e. The third kappa shape index (κ3) is 2.85. The number of carbonyl (C=O) groups is 2. The first-order valence-corrected chi connectivity index (χ1v) is 5.40. The molecule has 1 aromatic heterocycles. The molecule has 0 unspecified atom stereocenters. The summed E-state index contributed by atoms with van der Waals surface area (Å²) < 4.78 is 10.2. The van der Waals surface area contributed by atoms with Gasteiger partial charge in [0.15, 0.2) is 5.76 Å². The lowest BCUT2D eigenvalue weighted by Crippen LogP contribution is -2.31. The Morgan fingerprint density at radius 3 is 2.76 bits per heavy atom. The maximum atomic E-state index is 11.6. The van der Waals surface area contributed by atoms with Crippen LogP contribution in [0.3, 0.4) is 0 Å². The number of nitrogens with one attached hydrogen (secondary N) is 1. The Hall–Kier alpha value is -1.82. The minimum absolute atomic E-state index is 0.000368. The molecule has 17 heavy (non-hydrogen) atoms. The average Bonchev–Trinajstić information content (AvgIpc) is 2.96. The molecule has 0 aromatic carbocycles. The van der Waals surface area contributed by atoms with Gasteiger partial charge in [-0.1, -0.05) is 0 Å². The van der Waals surface area contributed by atoms with E-state index < -0.39 is 11.9 Å². The van der Waals surface area contributed by atoms with Gasteiger partial charge in [0.05, 0.1) is 6.10 Å². The normalized spacial score (nSPS) is 19.2. The minimum atomic E-state index is -1.19. The van der Waals surface area contributed by atoms with Gasteiger partial charge in [-0.25, -0.2) is 4.79 Å². The van der Waals surface area contributed by atoms with Crippen molar-refractivity contribution in [2.45, 2.75) is 18.9 Å². The van der Waals surface area contributed by atoms with Crippen LogP contribution in [0.15, 0.2) is 16.5 Å². The molecule has 0 saturated carbocycles. The summed E-state index contributed by atoms with van der Waals surface area (Å²) in [7, 11) is 0. The van der Waals surface area contributed by atoms with E-state index in [0.29, 0.717) is 6.54 Å². The molecule has 1 aliphatic rings. The van der Waals surface area contributed by atoms with Gasteiger partial charge in [-0.05, 0) is 25.0 Å². The fourth-order valence-corrected chi connectivity index (χ4v) is 1.67. The number of rotatable bonds is 4. The summed E-state index contributed by atoms with van der Waals surface area (Å²) in [6.45, 7) is 1.15. The van der Waals surface area contributed by atoms with Crippen LogP contribution in [0.5, 0.6) is 0 Å². The van der Waals surface area contributed by atoms with E-state index >= 15 is 0 Å². The van der Waals surface area contributed by atoms with Gasteiger partial charge in [-0.2, -0.15) is 0 Å². The summed E-state index contributed by atoms with van der Waals surface area (Å²) in [5.74, 6) is -1.86. The molecule has 1 atom stereocenters. The lowest BCUT2D eigenvalue weighted by Gasteiger charge is -2.09. The van der Waals surface area contributed by atoms with Crippen molar-refractivity contribution >= 4 is 11.9 Å². The van der Waals surface area contributed by atoms with Gasteiger partial charge in [0.1, 0.15) is 0 Å². The Balaban J connectivity index is 1.87. The van der Waals surface area contributed by atoms with Gasteiger partial charge < -0.3 is 19.6 Å². The maximum absolute atomic E-state index is 11.6. The Kier molecular flexibility index (Phi) is 3.43. The van der Waals surface area contributed by atoms with Crippen molar-refractivity contribution in [1.82, 2.24) is 5.32 Å². The SMILES string of the molecule is O=C(O)c1ccc(C(=O)NC[C@@H]2CCCO2)o1. The summed E-state index contributed by atoms with van der Waals surface area (Å²) in [5.41, 5.74) is 0. The standard InChI is InChI=1S/C11H13NO5/c13-10(12-6-7-2-1-5-16-7)8-3-4-9(17-8)11(14)15/h3-4,7H,1-2,5-6H2,(H,12,13)(H,14,15)/t7-/m0/s1. The van der Waals surface area contributed by atoms with E-state index in [2.05, 4.69) is 5.32 Å². The van der Waals surface area contributed by atoms with E-state index in [1.165, 1.54) is 12.1 Å². The molecule has 6 heteroatoms. The molecule has 0 spiro atoms. The van der Waals surface area contributed by atoms with Gasteiger partial charge in [0.2, 0.25) is 5.76 Å². The summed E-state index contributed by atoms with van der Waals surface area (Å²) in [4.78, 5) is 22.1. The Morgan fingerprint density at radius 1 is 1.41 bits per heavy atom.